The zero-order chi connectivity index (χ0) is 17.5. The number of halogens is 11. The van der Waals surface area contributed by atoms with E-state index in [1.807, 2.05) is 4.74 Å². The first-order valence-electron chi connectivity index (χ1n) is 4.30. The van der Waals surface area contributed by atoms with Crippen molar-refractivity contribution in [1.29, 1.82) is 0 Å². The van der Waals surface area contributed by atoms with E-state index in [-0.39, 0.29) is 7.11 Å². The molecular weight excluding hydrogens is 341 g/mol. The highest BCUT2D eigenvalue weighted by Crippen LogP contribution is 2.51. The maximum Gasteiger partial charge on any atom is 0.462 e. The molecule has 14 heteroatoms. The van der Waals surface area contributed by atoms with E-state index in [0.717, 1.165) is 0 Å². The Kier molecular flexibility index (Phi) is 4.81. The van der Waals surface area contributed by atoms with Crippen molar-refractivity contribution in [2.75, 3.05) is 7.11 Å². The zero-order valence-corrected chi connectivity index (χ0v) is 9.38. The Balaban J connectivity index is 5.82. The predicted molar refractivity (Wildman–Crippen MR) is 38.9 cm³/mol. The van der Waals surface area contributed by atoms with Crippen LogP contribution in [0, 0.1) is 0 Å². The fourth-order valence-corrected chi connectivity index (χ4v) is 0.752. The van der Waals surface area contributed by atoms with Crippen LogP contribution in [-0.4, -0.2) is 43.3 Å². The van der Waals surface area contributed by atoms with Crippen LogP contribution in [0.15, 0.2) is 0 Å². The summed E-state index contributed by atoms with van der Waals surface area (Å²) in [5.74, 6) is -16.7. The van der Waals surface area contributed by atoms with Crippen molar-refractivity contribution in [2.45, 2.75) is 30.2 Å². The Labute approximate surface area is 107 Å². The molecule has 0 saturated carbocycles. The van der Waals surface area contributed by atoms with Crippen molar-refractivity contribution in [1.82, 2.24) is 0 Å². The summed E-state index contributed by atoms with van der Waals surface area (Å²) in [6, 6.07) is 0. The lowest BCUT2D eigenvalue weighted by atomic mass is 10.2. The summed E-state index contributed by atoms with van der Waals surface area (Å²) < 4.78 is 139. The predicted octanol–water partition coefficient (Wildman–Crippen LogP) is 3.19. The number of esters is 1. The SMILES string of the molecule is COC(=O)[C@](F)(OC(F)(F)C(F)(F)C(F)(F)F)C(F)(F)F. The third-order valence-electron chi connectivity index (χ3n) is 1.80. The third-order valence-corrected chi connectivity index (χ3v) is 1.80. The van der Waals surface area contributed by atoms with Gasteiger partial charge in [-0.3, -0.25) is 4.74 Å². The Morgan fingerprint density at radius 3 is 1.38 bits per heavy atom. The van der Waals surface area contributed by atoms with Crippen LogP contribution in [0.2, 0.25) is 0 Å². The molecule has 0 aliphatic rings. The molecule has 21 heavy (non-hydrogen) atoms. The largest absolute Gasteiger partial charge is 0.465 e. The van der Waals surface area contributed by atoms with Gasteiger partial charge in [-0.05, 0) is 0 Å². The van der Waals surface area contributed by atoms with Gasteiger partial charge in [0.05, 0.1) is 7.11 Å². The summed E-state index contributed by atoms with van der Waals surface area (Å²) in [6.07, 6.45) is -20.9. The summed E-state index contributed by atoms with van der Waals surface area (Å²) in [4.78, 5) is 10.4. The van der Waals surface area contributed by atoms with Crippen LogP contribution in [0.4, 0.5) is 48.3 Å². The van der Waals surface area contributed by atoms with Crippen molar-refractivity contribution < 1.29 is 62.6 Å². The van der Waals surface area contributed by atoms with Crippen molar-refractivity contribution >= 4 is 5.97 Å². The second kappa shape index (κ2) is 5.14. The summed E-state index contributed by atoms with van der Waals surface area (Å²) in [5.41, 5.74) is 0. The van der Waals surface area contributed by atoms with E-state index in [4.69, 9.17) is 0 Å². The standard InChI is InChI=1S/C7H3F11O3/c1-20-2(19)3(8,5(11,12)13)21-7(17,18)4(9,10)6(14,15)16/h1H3/t3-/m0/s1. The number of carbonyl (C=O) groups excluding carboxylic acids is 1. The summed E-state index contributed by atoms with van der Waals surface area (Å²) in [7, 11) is 0.0197. The van der Waals surface area contributed by atoms with Gasteiger partial charge in [-0.1, -0.05) is 0 Å². The van der Waals surface area contributed by atoms with E-state index in [0.29, 0.717) is 0 Å². The number of carbonyl (C=O) groups is 1. The van der Waals surface area contributed by atoms with Crippen LogP contribution < -0.4 is 0 Å². The number of hydrogen-bond donors (Lipinski definition) is 0. The Morgan fingerprint density at radius 1 is 0.762 bits per heavy atom. The Hall–Kier alpha value is -1.34. The van der Waals surface area contributed by atoms with Crippen molar-refractivity contribution in [3.63, 3.8) is 0 Å². The maximum absolute atomic E-state index is 13.1. The summed E-state index contributed by atoms with van der Waals surface area (Å²) >= 11 is 0. The number of rotatable bonds is 4. The van der Waals surface area contributed by atoms with Crippen LogP contribution in [0.1, 0.15) is 0 Å². The van der Waals surface area contributed by atoms with Crippen LogP contribution in [0.25, 0.3) is 0 Å². The fraction of sp³-hybridized carbons (Fsp3) is 0.857. The average molecular weight is 344 g/mol. The molecule has 0 aliphatic heterocycles. The summed E-state index contributed by atoms with van der Waals surface area (Å²) in [5, 5.41) is 0. The van der Waals surface area contributed by atoms with Gasteiger partial charge in [-0.15, -0.1) is 0 Å². The third kappa shape index (κ3) is 3.29. The lowest BCUT2D eigenvalue weighted by Gasteiger charge is -2.33. The molecule has 0 aromatic carbocycles. The van der Waals surface area contributed by atoms with Crippen LogP contribution in [0.5, 0.6) is 0 Å². The average Bonchev–Trinajstić information content (AvgIpc) is 2.23. The monoisotopic (exact) mass is 344 g/mol. The second-order valence-electron chi connectivity index (χ2n) is 3.28. The van der Waals surface area contributed by atoms with Crippen LogP contribution >= 0.6 is 0 Å². The maximum atomic E-state index is 13.1. The van der Waals surface area contributed by atoms with Crippen molar-refractivity contribution in [3.8, 4) is 0 Å². The van der Waals surface area contributed by atoms with E-state index < -0.39 is 36.2 Å². The van der Waals surface area contributed by atoms with E-state index >= 15 is 0 Å². The molecule has 0 aromatic rings. The summed E-state index contributed by atoms with van der Waals surface area (Å²) in [6.45, 7) is 0. The van der Waals surface area contributed by atoms with Crippen molar-refractivity contribution in [2.24, 2.45) is 0 Å². The van der Waals surface area contributed by atoms with Gasteiger partial charge >= 0.3 is 36.2 Å². The van der Waals surface area contributed by atoms with E-state index in [1.165, 1.54) is 0 Å². The van der Waals surface area contributed by atoms with Gasteiger partial charge in [0.1, 0.15) is 0 Å². The van der Waals surface area contributed by atoms with Crippen molar-refractivity contribution in [3.05, 3.63) is 0 Å². The molecule has 0 rings (SSSR count). The number of ether oxygens (including phenoxy) is 2. The van der Waals surface area contributed by atoms with Crippen LogP contribution in [0.3, 0.4) is 0 Å². The number of alkyl halides is 11. The minimum absolute atomic E-state index is 0.0197. The lowest BCUT2D eigenvalue weighted by molar-refractivity contribution is -0.474. The topological polar surface area (TPSA) is 35.5 Å². The lowest BCUT2D eigenvalue weighted by Crippen LogP contribution is -2.61. The molecule has 1 atom stereocenters. The van der Waals surface area contributed by atoms with Gasteiger partial charge in [-0.25, -0.2) is 4.79 Å². The highest BCUT2D eigenvalue weighted by molar-refractivity contribution is 5.78. The molecule has 0 N–H and O–H groups in total. The van der Waals surface area contributed by atoms with E-state index in [1.54, 1.807) is 0 Å². The molecule has 0 bridgehead atoms. The molecule has 0 unspecified atom stereocenters. The molecule has 0 aliphatic carbocycles. The normalized spacial score (nSPS) is 17.3. The highest BCUT2D eigenvalue weighted by atomic mass is 19.4. The first-order valence-corrected chi connectivity index (χ1v) is 4.30. The fourth-order valence-electron chi connectivity index (χ4n) is 0.752. The molecule has 0 radical (unpaired) electrons. The van der Waals surface area contributed by atoms with Gasteiger partial charge in [0.25, 0.3) is 0 Å². The van der Waals surface area contributed by atoms with Gasteiger partial charge in [-0.2, -0.15) is 48.3 Å². The highest BCUT2D eigenvalue weighted by Gasteiger charge is 2.80. The second-order valence-corrected chi connectivity index (χ2v) is 3.28. The molecule has 0 saturated heterocycles. The molecule has 126 valence electrons. The van der Waals surface area contributed by atoms with Gasteiger partial charge in [0.15, 0.2) is 0 Å². The number of hydrogen-bond acceptors (Lipinski definition) is 3. The first-order chi connectivity index (χ1) is 8.94. The molecule has 0 aromatic heterocycles. The Bertz CT molecular complexity index is 398. The molecule has 0 spiro atoms. The van der Waals surface area contributed by atoms with E-state index in [2.05, 4.69) is 4.74 Å². The zero-order valence-electron chi connectivity index (χ0n) is 9.38. The minimum Gasteiger partial charge on any atom is -0.465 e. The smallest absolute Gasteiger partial charge is 0.462 e. The molecule has 0 fully saturated rings. The molecule has 0 amide bonds. The minimum atomic E-state index is -7.21. The first kappa shape index (κ1) is 19.7. The number of methoxy groups -OCH3 is 1. The van der Waals surface area contributed by atoms with Gasteiger partial charge in [0, 0.05) is 0 Å². The Morgan fingerprint density at radius 2 is 1.14 bits per heavy atom. The molecular formula is C7H3F11O3. The van der Waals surface area contributed by atoms with Gasteiger partial charge < -0.3 is 4.74 Å². The quantitative estimate of drug-likeness (QED) is 0.581. The van der Waals surface area contributed by atoms with Crippen LogP contribution in [-0.2, 0) is 14.3 Å². The molecule has 0 heterocycles. The van der Waals surface area contributed by atoms with Gasteiger partial charge in [0.2, 0.25) is 0 Å². The molecule has 3 nitrogen and oxygen atoms in total. The van der Waals surface area contributed by atoms with E-state index in [9.17, 15) is 53.1 Å².